The lowest BCUT2D eigenvalue weighted by Crippen LogP contribution is -1.97. The van der Waals surface area contributed by atoms with Gasteiger partial charge in [-0.2, -0.15) is 0 Å². The summed E-state index contributed by atoms with van der Waals surface area (Å²) >= 11 is 4.81. The molecule has 0 aromatic carbocycles. The summed E-state index contributed by atoms with van der Waals surface area (Å²) in [5, 5.41) is 6.51. The number of aromatic amines is 1. The standard InChI is InChI=1S/C7H10N2OS/c1-2-5-10-6-3-4-7(11)9-8-6/h3-4H,2,5H2,1H3,(H,9,11). The van der Waals surface area contributed by atoms with Crippen LogP contribution in [0.25, 0.3) is 0 Å². The van der Waals surface area contributed by atoms with E-state index >= 15 is 0 Å². The van der Waals surface area contributed by atoms with E-state index in [4.69, 9.17) is 17.0 Å². The molecule has 0 bridgehead atoms. The minimum absolute atomic E-state index is 0.598. The summed E-state index contributed by atoms with van der Waals surface area (Å²) in [6, 6.07) is 3.52. The van der Waals surface area contributed by atoms with E-state index in [0.717, 1.165) is 6.42 Å². The first-order valence-corrected chi connectivity index (χ1v) is 3.92. The van der Waals surface area contributed by atoms with Crippen LogP contribution in [-0.4, -0.2) is 16.8 Å². The maximum atomic E-state index is 5.22. The van der Waals surface area contributed by atoms with E-state index < -0.39 is 0 Å². The Balaban J connectivity index is 2.59. The fraction of sp³-hybridized carbons (Fsp3) is 0.429. The smallest absolute Gasteiger partial charge is 0.231 e. The number of nitrogens with zero attached hydrogens (tertiary/aromatic N) is 1. The molecule has 0 spiro atoms. The number of ether oxygens (including phenoxy) is 1. The highest BCUT2D eigenvalue weighted by Gasteiger charge is 1.90. The van der Waals surface area contributed by atoms with E-state index in [1.54, 1.807) is 12.1 Å². The van der Waals surface area contributed by atoms with Crippen molar-refractivity contribution in [1.29, 1.82) is 0 Å². The highest BCUT2D eigenvalue weighted by atomic mass is 32.1. The summed E-state index contributed by atoms with van der Waals surface area (Å²) in [5.41, 5.74) is 0. The zero-order valence-electron chi connectivity index (χ0n) is 6.33. The van der Waals surface area contributed by atoms with E-state index in [9.17, 15) is 0 Å². The third-order valence-corrected chi connectivity index (χ3v) is 1.34. The Bertz CT molecular complexity index is 251. The van der Waals surface area contributed by atoms with Gasteiger partial charge in [-0.3, -0.25) is 5.10 Å². The number of hydrogen-bond acceptors (Lipinski definition) is 3. The van der Waals surface area contributed by atoms with Crippen molar-refractivity contribution < 1.29 is 4.74 Å². The van der Waals surface area contributed by atoms with E-state index in [2.05, 4.69) is 10.2 Å². The second kappa shape index (κ2) is 4.08. The molecule has 1 aromatic rings. The maximum absolute atomic E-state index is 5.22. The lowest BCUT2D eigenvalue weighted by molar-refractivity contribution is 0.301. The molecule has 4 heteroatoms. The first kappa shape index (κ1) is 8.20. The van der Waals surface area contributed by atoms with Gasteiger partial charge in [-0.25, -0.2) is 0 Å². The minimum atomic E-state index is 0.598. The summed E-state index contributed by atoms with van der Waals surface area (Å²) in [7, 11) is 0. The molecule has 0 amide bonds. The summed E-state index contributed by atoms with van der Waals surface area (Å²) in [5.74, 6) is 0.598. The van der Waals surface area contributed by atoms with Crippen LogP contribution in [0.15, 0.2) is 12.1 Å². The van der Waals surface area contributed by atoms with Crippen molar-refractivity contribution in [1.82, 2.24) is 10.2 Å². The van der Waals surface area contributed by atoms with E-state index in [1.165, 1.54) is 0 Å². The quantitative estimate of drug-likeness (QED) is 0.704. The molecular weight excluding hydrogens is 160 g/mol. The highest BCUT2D eigenvalue weighted by molar-refractivity contribution is 7.71. The predicted octanol–water partition coefficient (Wildman–Crippen LogP) is 1.93. The van der Waals surface area contributed by atoms with Gasteiger partial charge in [0.1, 0.15) is 4.64 Å². The zero-order chi connectivity index (χ0) is 8.10. The Morgan fingerprint density at radius 3 is 3.00 bits per heavy atom. The molecule has 0 unspecified atom stereocenters. The van der Waals surface area contributed by atoms with Crippen molar-refractivity contribution in [3.05, 3.63) is 16.8 Å². The van der Waals surface area contributed by atoms with Crippen LogP contribution in [-0.2, 0) is 0 Å². The lowest BCUT2D eigenvalue weighted by atomic mass is 10.5. The fourth-order valence-corrected chi connectivity index (χ4v) is 0.732. The number of rotatable bonds is 3. The molecule has 1 aromatic heterocycles. The molecule has 60 valence electrons. The van der Waals surface area contributed by atoms with Crippen molar-refractivity contribution in [2.45, 2.75) is 13.3 Å². The van der Waals surface area contributed by atoms with Crippen LogP contribution in [0, 0.1) is 4.64 Å². The molecule has 0 aliphatic heterocycles. The van der Waals surface area contributed by atoms with Crippen molar-refractivity contribution in [2.75, 3.05) is 6.61 Å². The van der Waals surface area contributed by atoms with Crippen molar-refractivity contribution in [3.8, 4) is 5.88 Å². The minimum Gasteiger partial charge on any atom is -0.477 e. The topological polar surface area (TPSA) is 37.9 Å². The molecule has 1 heterocycles. The fourth-order valence-electron chi connectivity index (χ4n) is 0.619. The van der Waals surface area contributed by atoms with Gasteiger partial charge in [0.05, 0.1) is 6.61 Å². The first-order valence-electron chi connectivity index (χ1n) is 3.51. The van der Waals surface area contributed by atoms with E-state index in [1.807, 2.05) is 6.92 Å². The number of nitrogens with one attached hydrogen (secondary N) is 1. The Morgan fingerprint density at radius 1 is 1.64 bits per heavy atom. The van der Waals surface area contributed by atoms with Crippen LogP contribution >= 0.6 is 12.2 Å². The monoisotopic (exact) mass is 170 g/mol. The summed E-state index contributed by atoms with van der Waals surface area (Å²) in [4.78, 5) is 0. The number of hydrogen-bond donors (Lipinski definition) is 1. The Kier molecular flexibility index (Phi) is 3.04. The van der Waals surface area contributed by atoms with E-state index in [0.29, 0.717) is 17.1 Å². The van der Waals surface area contributed by atoms with Crippen molar-refractivity contribution in [3.63, 3.8) is 0 Å². The summed E-state index contributed by atoms with van der Waals surface area (Å²) in [6.07, 6.45) is 0.983. The van der Waals surface area contributed by atoms with Crippen LogP contribution in [0.5, 0.6) is 5.88 Å². The third kappa shape index (κ3) is 2.67. The van der Waals surface area contributed by atoms with Gasteiger partial charge >= 0.3 is 0 Å². The predicted molar refractivity (Wildman–Crippen MR) is 45.2 cm³/mol. The van der Waals surface area contributed by atoms with Crippen LogP contribution < -0.4 is 4.74 Å². The number of H-pyrrole nitrogens is 1. The third-order valence-electron chi connectivity index (χ3n) is 1.11. The van der Waals surface area contributed by atoms with Crippen molar-refractivity contribution in [2.24, 2.45) is 0 Å². The van der Waals surface area contributed by atoms with Crippen LogP contribution in [0.3, 0.4) is 0 Å². The zero-order valence-corrected chi connectivity index (χ0v) is 7.15. The Labute approximate surface area is 70.4 Å². The van der Waals surface area contributed by atoms with Gasteiger partial charge in [-0.1, -0.05) is 19.1 Å². The SMILES string of the molecule is CCCOc1ccc(=S)[nH]n1. The van der Waals surface area contributed by atoms with Gasteiger partial charge < -0.3 is 4.74 Å². The molecule has 1 rings (SSSR count). The highest BCUT2D eigenvalue weighted by Crippen LogP contribution is 2.02. The molecule has 11 heavy (non-hydrogen) atoms. The second-order valence-electron chi connectivity index (χ2n) is 2.11. The average molecular weight is 170 g/mol. The van der Waals surface area contributed by atoms with Gasteiger partial charge in [0, 0.05) is 6.07 Å². The lowest BCUT2D eigenvalue weighted by Gasteiger charge is -2.00. The Morgan fingerprint density at radius 2 is 2.45 bits per heavy atom. The second-order valence-corrected chi connectivity index (χ2v) is 2.55. The van der Waals surface area contributed by atoms with E-state index in [-0.39, 0.29) is 0 Å². The molecule has 1 N–H and O–H groups in total. The number of aromatic nitrogens is 2. The Hall–Kier alpha value is -0.900. The summed E-state index contributed by atoms with van der Waals surface area (Å²) in [6.45, 7) is 2.74. The normalized spacial score (nSPS) is 9.55. The van der Waals surface area contributed by atoms with Gasteiger partial charge in [-0.15, -0.1) is 5.10 Å². The molecule has 0 saturated carbocycles. The molecule has 3 nitrogen and oxygen atoms in total. The first-order chi connectivity index (χ1) is 5.33. The van der Waals surface area contributed by atoms with Crippen LogP contribution in [0.4, 0.5) is 0 Å². The molecule has 0 saturated heterocycles. The van der Waals surface area contributed by atoms with Crippen LogP contribution in [0.1, 0.15) is 13.3 Å². The molecule has 0 radical (unpaired) electrons. The molecule has 0 aliphatic carbocycles. The van der Waals surface area contributed by atoms with Gasteiger partial charge in [0.15, 0.2) is 0 Å². The maximum Gasteiger partial charge on any atom is 0.231 e. The average Bonchev–Trinajstić information content (AvgIpc) is 2.04. The molecular formula is C7H10N2OS. The molecule has 0 atom stereocenters. The van der Waals surface area contributed by atoms with Gasteiger partial charge in [0.25, 0.3) is 0 Å². The van der Waals surface area contributed by atoms with Gasteiger partial charge in [0.2, 0.25) is 5.88 Å². The van der Waals surface area contributed by atoms with Crippen molar-refractivity contribution >= 4 is 12.2 Å². The van der Waals surface area contributed by atoms with Gasteiger partial charge in [-0.05, 0) is 12.5 Å². The van der Waals surface area contributed by atoms with Crippen LogP contribution in [0.2, 0.25) is 0 Å². The molecule has 0 aliphatic rings. The molecule has 0 fully saturated rings. The summed E-state index contributed by atoms with van der Waals surface area (Å²) < 4.78 is 5.84. The largest absolute Gasteiger partial charge is 0.477 e.